The van der Waals surface area contributed by atoms with Crippen LogP contribution in [0.15, 0.2) is 35.7 Å². The molecule has 0 spiro atoms. The fourth-order valence-electron chi connectivity index (χ4n) is 1.84. The number of hydrogen-bond donors (Lipinski definition) is 2. The first-order chi connectivity index (χ1) is 10.1. The van der Waals surface area contributed by atoms with Crippen molar-refractivity contribution in [2.24, 2.45) is 0 Å². The average molecular weight is 305 g/mol. The van der Waals surface area contributed by atoms with E-state index in [4.69, 9.17) is 9.84 Å². The number of carbonyl (C=O) groups is 2. The van der Waals surface area contributed by atoms with Gasteiger partial charge in [0.1, 0.15) is 10.6 Å². The Kier molecular flexibility index (Phi) is 4.94. The monoisotopic (exact) mass is 305 g/mol. The van der Waals surface area contributed by atoms with Crippen molar-refractivity contribution < 1.29 is 19.4 Å². The number of anilines is 1. The maximum Gasteiger partial charge on any atom is 0.348 e. The molecule has 21 heavy (non-hydrogen) atoms. The minimum atomic E-state index is -1.03. The normalized spacial score (nSPS) is 10.1. The van der Waals surface area contributed by atoms with E-state index in [1.54, 1.807) is 18.6 Å². The highest BCUT2D eigenvalue weighted by atomic mass is 32.1. The van der Waals surface area contributed by atoms with Gasteiger partial charge in [-0.15, -0.1) is 11.3 Å². The second-order valence-electron chi connectivity index (χ2n) is 4.36. The van der Waals surface area contributed by atoms with Gasteiger partial charge in [-0.05, 0) is 35.6 Å². The molecule has 0 aliphatic carbocycles. The first-order valence-corrected chi connectivity index (χ1v) is 7.21. The number of rotatable bonds is 6. The van der Waals surface area contributed by atoms with Gasteiger partial charge in [-0.25, -0.2) is 4.79 Å². The van der Waals surface area contributed by atoms with Crippen LogP contribution in [0.5, 0.6) is 5.75 Å². The molecule has 2 N–H and O–H groups in total. The Bertz CT molecular complexity index is 633. The molecule has 1 amide bonds. The first-order valence-electron chi connectivity index (χ1n) is 6.33. The van der Waals surface area contributed by atoms with Crippen LogP contribution in [-0.4, -0.2) is 24.1 Å². The van der Waals surface area contributed by atoms with Gasteiger partial charge in [0.15, 0.2) is 0 Å². The van der Waals surface area contributed by atoms with Crippen molar-refractivity contribution in [1.82, 2.24) is 0 Å². The van der Waals surface area contributed by atoms with Crippen LogP contribution in [0.1, 0.15) is 21.7 Å². The Balaban J connectivity index is 1.89. The van der Waals surface area contributed by atoms with E-state index in [-0.39, 0.29) is 10.8 Å². The Morgan fingerprint density at radius 1 is 1.24 bits per heavy atom. The summed E-state index contributed by atoms with van der Waals surface area (Å²) in [7, 11) is 1.60. The van der Waals surface area contributed by atoms with Crippen molar-refractivity contribution in [3.63, 3.8) is 0 Å². The van der Waals surface area contributed by atoms with Gasteiger partial charge < -0.3 is 15.2 Å². The Labute approximate surface area is 126 Å². The smallest absolute Gasteiger partial charge is 0.348 e. The van der Waals surface area contributed by atoms with E-state index in [9.17, 15) is 9.59 Å². The highest BCUT2D eigenvalue weighted by molar-refractivity contribution is 7.12. The minimum Gasteiger partial charge on any atom is -0.497 e. The number of ether oxygens (including phenoxy) is 1. The fourth-order valence-corrected chi connectivity index (χ4v) is 2.52. The molecule has 2 rings (SSSR count). The van der Waals surface area contributed by atoms with Crippen LogP contribution in [0.25, 0.3) is 0 Å². The van der Waals surface area contributed by atoms with Crippen molar-refractivity contribution in [2.45, 2.75) is 12.8 Å². The molecule has 0 saturated heterocycles. The summed E-state index contributed by atoms with van der Waals surface area (Å²) < 4.78 is 5.07. The number of carboxylic acid groups (broad SMARTS) is 1. The molecule has 0 unspecified atom stereocenters. The standard InChI is InChI=1S/C15H15NO4S/c1-20-11-5-2-10(3-6-11)4-7-13(17)16-12-8-9-21-14(12)15(18)19/h2-3,5-6,8-9H,4,7H2,1H3,(H,16,17)(H,18,19). The van der Waals surface area contributed by atoms with Crippen LogP contribution in [-0.2, 0) is 11.2 Å². The van der Waals surface area contributed by atoms with Crippen molar-refractivity contribution in [3.8, 4) is 5.75 Å². The van der Waals surface area contributed by atoms with E-state index in [1.807, 2.05) is 24.3 Å². The van der Waals surface area contributed by atoms with Gasteiger partial charge in [0.25, 0.3) is 0 Å². The molecule has 1 aromatic carbocycles. The molecule has 0 aliphatic heterocycles. The predicted octanol–water partition coefficient (Wildman–Crippen LogP) is 3.03. The summed E-state index contributed by atoms with van der Waals surface area (Å²) in [4.78, 5) is 23.0. The molecule has 5 nitrogen and oxygen atoms in total. The van der Waals surface area contributed by atoms with E-state index in [0.717, 1.165) is 22.6 Å². The number of amides is 1. The summed E-state index contributed by atoms with van der Waals surface area (Å²) >= 11 is 1.09. The first kappa shape index (κ1) is 15.1. The lowest BCUT2D eigenvalue weighted by atomic mass is 10.1. The third-order valence-corrected chi connectivity index (χ3v) is 3.84. The molecular weight excluding hydrogens is 290 g/mol. The number of nitrogens with one attached hydrogen (secondary N) is 1. The van der Waals surface area contributed by atoms with Gasteiger partial charge in [0, 0.05) is 6.42 Å². The Hall–Kier alpha value is -2.34. The summed E-state index contributed by atoms with van der Waals surface area (Å²) in [6, 6.07) is 9.08. The highest BCUT2D eigenvalue weighted by Crippen LogP contribution is 2.22. The van der Waals surface area contributed by atoms with Gasteiger partial charge in [0.2, 0.25) is 5.91 Å². The number of hydrogen-bond acceptors (Lipinski definition) is 4. The summed E-state index contributed by atoms with van der Waals surface area (Å²) in [6.45, 7) is 0. The third-order valence-electron chi connectivity index (χ3n) is 2.93. The van der Waals surface area contributed by atoms with Crippen molar-refractivity contribution in [2.75, 3.05) is 12.4 Å². The molecule has 1 aromatic heterocycles. The number of aryl methyl sites for hydroxylation is 1. The van der Waals surface area contributed by atoms with Gasteiger partial charge in [-0.1, -0.05) is 12.1 Å². The molecule has 6 heteroatoms. The number of benzene rings is 1. The van der Waals surface area contributed by atoms with Crippen LogP contribution in [0.2, 0.25) is 0 Å². The van der Waals surface area contributed by atoms with Crippen LogP contribution < -0.4 is 10.1 Å². The summed E-state index contributed by atoms with van der Waals surface area (Å²) in [6.07, 6.45) is 0.879. The lowest BCUT2D eigenvalue weighted by Gasteiger charge is -2.05. The zero-order chi connectivity index (χ0) is 15.2. The lowest BCUT2D eigenvalue weighted by molar-refractivity contribution is -0.116. The van der Waals surface area contributed by atoms with Gasteiger partial charge in [0.05, 0.1) is 12.8 Å². The number of aromatic carboxylic acids is 1. The zero-order valence-corrected chi connectivity index (χ0v) is 12.3. The topological polar surface area (TPSA) is 75.6 Å². The summed E-state index contributed by atoms with van der Waals surface area (Å²) in [5.74, 6) is -0.463. The summed E-state index contributed by atoms with van der Waals surface area (Å²) in [5, 5.41) is 13.2. The molecule has 2 aromatic rings. The van der Waals surface area contributed by atoms with E-state index in [2.05, 4.69) is 5.32 Å². The van der Waals surface area contributed by atoms with Crippen LogP contribution in [0.4, 0.5) is 5.69 Å². The molecule has 0 radical (unpaired) electrons. The summed E-state index contributed by atoms with van der Waals surface area (Å²) in [5.41, 5.74) is 1.38. The molecule has 0 bridgehead atoms. The van der Waals surface area contributed by atoms with E-state index in [1.165, 1.54) is 0 Å². The van der Waals surface area contributed by atoms with Crippen LogP contribution >= 0.6 is 11.3 Å². The van der Waals surface area contributed by atoms with E-state index >= 15 is 0 Å². The fraction of sp³-hybridized carbons (Fsp3) is 0.200. The second-order valence-corrected chi connectivity index (χ2v) is 5.28. The number of methoxy groups -OCH3 is 1. The average Bonchev–Trinajstić information content (AvgIpc) is 2.94. The van der Waals surface area contributed by atoms with Crippen LogP contribution in [0, 0.1) is 0 Å². The quantitative estimate of drug-likeness (QED) is 0.860. The van der Waals surface area contributed by atoms with Gasteiger partial charge in [-0.3, -0.25) is 4.79 Å². The Morgan fingerprint density at radius 2 is 1.95 bits per heavy atom. The maximum atomic E-state index is 11.9. The largest absolute Gasteiger partial charge is 0.497 e. The molecule has 0 aliphatic rings. The number of thiophene rings is 1. The van der Waals surface area contributed by atoms with Gasteiger partial charge in [-0.2, -0.15) is 0 Å². The Morgan fingerprint density at radius 3 is 2.57 bits per heavy atom. The van der Waals surface area contributed by atoms with Crippen molar-refractivity contribution in [1.29, 1.82) is 0 Å². The molecule has 1 heterocycles. The number of carboxylic acids is 1. The third kappa shape index (κ3) is 4.06. The molecule has 110 valence electrons. The van der Waals surface area contributed by atoms with E-state index in [0.29, 0.717) is 18.5 Å². The molecule has 0 saturated carbocycles. The zero-order valence-electron chi connectivity index (χ0n) is 11.5. The second kappa shape index (κ2) is 6.90. The molecule has 0 atom stereocenters. The predicted molar refractivity (Wildman–Crippen MR) is 81.2 cm³/mol. The minimum absolute atomic E-state index is 0.146. The number of carbonyl (C=O) groups excluding carboxylic acids is 1. The lowest BCUT2D eigenvalue weighted by Crippen LogP contribution is -2.13. The van der Waals surface area contributed by atoms with Crippen molar-refractivity contribution in [3.05, 3.63) is 46.2 Å². The van der Waals surface area contributed by atoms with E-state index < -0.39 is 5.97 Å². The highest BCUT2D eigenvalue weighted by Gasteiger charge is 2.13. The van der Waals surface area contributed by atoms with Gasteiger partial charge >= 0.3 is 5.97 Å². The van der Waals surface area contributed by atoms with Crippen molar-refractivity contribution >= 4 is 28.9 Å². The molecule has 0 fully saturated rings. The van der Waals surface area contributed by atoms with Crippen LogP contribution in [0.3, 0.4) is 0 Å². The molecular formula is C15H15NO4S. The maximum absolute atomic E-state index is 11.9. The SMILES string of the molecule is COc1ccc(CCC(=O)Nc2ccsc2C(=O)O)cc1.